The monoisotopic (exact) mass is 265 g/mol. The van der Waals surface area contributed by atoms with Gasteiger partial charge in [0, 0.05) is 19.2 Å². The van der Waals surface area contributed by atoms with Gasteiger partial charge in [-0.3, -0.25) is 4.79 Å². The number of rotatable bonds is 3. The molecule has 0 aliphatic rings. The maximum atomic E-state index is 12.4. The van der Waals surface area contributed by atoms with Crippen LogP contribution in [0.1, 0.15) is 38.1 Å². The van der Waals surface area contributed by atoms with Crippen LogP contribution in [0, 0.1) is 5.41 Å². The second kappa shape index (κ2) is 5.51. The van der Waals surface area contributed by atoms with E-state index in [1.165, 1.54) is 13.2 Å². The maximum Gasteiger partial charge on any atom is 0.257 e. The van der Waals surface area contributed by atoms with Crippen LogP contribution in [-0.4, -0.2) is 36.1 Å². The minimum Gasteiger partial charge on any atom is -0.507 e. The van der Waals surface area contributed by atoms with E-state index in [-0.39, 0.29) is 23.1 Å². The zero-order chi connectivity index (χ0) is 14.8. The number of hydrogen-bond donors (Lipinski definition) is 1. The molecule has 0 spiro atoms. The highest BCUT2D eigenvalue weighted by atomic mass is 16.5. The fourth-order valence-electron chi connectivity index (χ4n) is 1.77. The summed E-state index contributed by atoms with van der Waals surface area (Å²) in [6, 6.07) is 4.76. The average Bonchev–Trinajstić information content (AvgIpc) is 2.34. The zero-order valence-corrected chi connectivity index (χ0v) is 12.5. The van der Waals surface area contributed by atoms with Crippen LogP contribution in [0.3, 0.4) is 0 Å². The number of aromatic hydroxyl groups is 1. The molecule has 0 bridgehead atoms. The molecule has 1 atom stereocenters. The van der Waals surface area contributed by atoms with E-state index in [0.717, 1.165) is 0 Å². The predicted octanol–water partition coefficient (Wildman–Crippen LogP) is 2.91. The first-order chi connectivity index (χ1) is 8.68. The van der Waals surface area contributed by atoms with Crippen LogP contribution in [0.5, 0.6) is 11.5 Å². The Morgan fingerprint density at radius 2 is 1.95 bits per heavy atom. The molecule has 4 heteroatoms. The van der Waals surface area contributed by atoms with Gasteiger partial charge in [0.25, 0.3) is 5.91 Å². The molecule has 0 heterocycles. The van der Waals surface area contributed by atoms with Crippen molar-refractivity contribution in [2.75, 3.05) is 14.2 Å². The minimum absolute atomic E-state index is 0.0213. The van der Waals surface area contributed by atoms with Gasteiger partial charge in [0.1, 0.15) is 11.5 Å². The molecule has 1 aromatic rings. The molecule has 1 N–H and O–H groups in total. The molecule has 0 saturated carbocycles. The van der Waals surface area contributed by atoms with Gasteiger partial charge in [0.15, 0.2) is 0 Å². The van der Waals surface area contributed by atoms with Gasteiger partial charge in [0.05, 0.1) is 12.7 Å². The van der Waals surface area contributed by atoms with Crippen molar-refractivity contribution in [2.24, 2.45) is 5.41 Å². The Labute approximate surface area is 115 Å². The van der Waals surface area contributed by atoms with Gasteiger partial charge >= 0.3 is 0 Å². The van der Waals surface area contributed by atoms with Crippen LogP contribution >= 0.6 is 0 Å². The van der Waals surface area contributed by atoms with Crippen molar-refractivity contribution in [1.29, 1.82) is 0 Å². The van der Waals surface area contributed by atoms with E-state index in [0.29, 0.717) is 11.3 Å². The first kappa shape index (κ1) is 15.3. The van der Waals surface area contributed by atoms with Crippen molar-refractivity contribution in [2.45, 2.75) is 33.7 Å². The third-order valence-electron chi connectivity index (χ3n) is 3.59. The first-order valence-corrected chi connectivity index (χ1v) is 6.32. The van der Waals surface area contributed by atoms with Gasteiger partial charge in [0.2, 0.25) is 0 Å². The van der Waals surface area contributed by atoms with Gasteiger partial charge in [-0.25, -0.2) is 0 Å². The van der Waals surface area contributed by atoms with Crippen LogP contribution in [-0.2, 0) is 0 Å². The van der Waals surface area contributed by atoms with E-state index in [9.17, 15) is 9.90 Å². The molecule has 0 aliphatic heterocycles. The number of carbonyl (C=O) groups excluding carboxylic acids is 1. The standard InChI is InChI=1S/C15H23NO3/c1-10(15(2,3)4)16(5)14(18)12-8-7-11(19-6)9-13(12)17/h7-10,17H,1-6H3. The second-order valence-corrected chi connectivity index (χ2v) is 5.84. The first-order valence-electron chi connectivity index (χ1n) is 6.32. The third-order valence-corrected chi connectivity index (χ3v) is 3.59. The molecular formula is C15H23NO3. The molecule has 1 aromatic carbocycles. The number of nitrogens with zero attached hydrogens (tertiary/aromatic N) is 1. The summed E-state index contributed by atoms with van der Waals surface area (Å²) in [5, 5.41) is 9.90. The Hall–Kier alpha value is -1.71. The highest BCUT2D eigenvalue weighted by Crippen LogP contribution is 2.28. The highest BCUT2D eigenvalue weighted by Gasteiger charge is 2.28. The van der Waals surface area contributed by atoms with Gasteiger partial charge in [-0.05, 0) is 24.5 Å². The molecule has 0 aromatic heterocycles. The summed E-state index contributed by atoms with van der Waals surface area (Å²) in [6.45, 7) is 8.23. The molecule has 0 aliphatic carbocycles. The normalized spacial score (nSPS) is 12.9. The van der Waals surface area contributed by atoms with Crippen LogP contribution in [0.4, 0.5) is 0 Å². The topological polar surface area (TPSA) is 49.8 Å². The molecule has 1 amide bonds. The largest absolute Gasteiger partial charge is 0.507 e. The molecule has 19 heavy (non-hydrogen) atoms. The Morgan fingerprint density at radius 1 is 1.37 bits per heavy atom. The molecule has 0 fully saturated rings. The van der Waals surface area contributed by atoms with Crippen molar-refractivity contribution >= 4 is 5.91 Å². The van der Waals surface area contributed by atoms with E-state index in [1.54, 1.807) is 24.1 Å². The van der Waals surface area contributed by atoms with E-state index in [1.807, 2.05) is 6.92 Å². The summed E-state index contributed by atoms with van der Waals surface area (Å²) >= 11 is 0. The lowest BCUT2D eigenvalue weighted by atomic mass is 9.87. The molecule has 1 rings (SSSR count). The number of ether oxygens (including phenoxy) is 1. The number of hydrogen-bond acceptors (Lipinski definition) is 3. The third kappa shape index (κ3) is 3.40. The van der Waals surface area contributed by atoms with Crippen molar-refractivity contribution < 1.29 is 14.6 Å². The minimum atomic E-state index is -0.192. The molecule has 106 valence electrons. The number of phenols is 1. The molecule has 0 saturated heterocycles. The van der Waals surface area contributed by atoms with Gasteiger partial charge in [-0.2, -0.15) is 0 Å². The summed E-state index contributed by atoms with van der Waals surface area (Å²) in [5.74, 6) is 0.278. The van der Waals surface area contributed by atoms with Gasteiger partial charge in [-0.1, -0.05) is 20.8 Å². The van der Waals surface area contributed by atoms with Gasteiger partial charge in [-0.15, -0.1) is 0 Å². The highest BCUT2D eigenvalue weighted by molar-refractivity contribution is 5.97. The number of amides is 1. The fraction of sp³-hybridized carbons (Fsp3) is 0.533. The second-order valence-electron chi connectivity index (χ2n) is 5.84. The predicted molar refractivity (Wildman–Crippen MR) is 75.7 cm³/mol. The summed E-state index contributed by atoms with van der Waals surface area (Å²) in [7, 11) is 3.27. The van der Waals surface area contributed by atoms with Crippen LogP contribution in [0.2, 0.25) is 0 Å². The van der Waals surface area contributed by atoms with Gasteiger partial charge < -0.3 is 14.7 Å². The SMILES string of the molecule is COc1ccc(C(=O)N(C)C(C)C(C)(C)C)c(O)c1. The lowest BCUT2D eigenvalue weighted by Crippen LogP contribution is -2.42. The number of methoxy groups -OCH3 is 1. The molecule has 1 unspecified atom stereocenters. The zero-order valence-electron chi connectivity index (χ0n) is 12.5. The Bertz CT molecular complexity index is 463. The van der Waals surface area contributed by atoms with E-state index in [4.69, 9.17) is 4.74 Å². The summed E-state index contributed by atoms with van der Waals surface area (Å²) < 4.78 is 5.01. The summed E-state index contributed by atoms with van der Waals surface area (Å²) in [6.07, 6.45) is 0. The fourth-order valence-corrected chi connectivity index (χ4v) is 1.77. The van der Waals surface area contributed by atoms with E-state index in [2.05, 4.69) is 20.8 Å². The van der Waals surface area contributed by atoms with Crippen molar-refractivity contribution in [3.8, 4) is 11.5 Å². The van der Waals surface area contributed by atoms with Crippen molar-refractivity contribution in [1.82, 2.24) is 4.90 Å². The molecule has 0 radical (unpaired) electrons. The Morgan fingerprint density at radius 3 is 2.37 bits per heavy atom. The van der Waals surface area contributed by atoms with E-state index < -0.39 is 0 Å². The van der Waals surface area contributed by atoms with Crippen LogP contribution in [0.25, 0.3) is 0 Å². The lowest BCUT2D eigenvalue weighted by Gasteiger charge is -2.35. The van der Waals surface area contributed by atoms with Crippen LogP contribution < -0.4 is 4.74 Å². The molecule has 4 nitrogen and oxygen atoms in total. The van der Waals surface area contributed by atoms with Crippen LogP contribution in [0.15, 0.2) is 18.2 Å². The lowest BCUT2D eigenvalue weighted by molar-refractivity contribution is 0.0626. The van der Waals surface area contributed by atoms with Crippen molar-refractivity contribution in [3.05, 3.63) is 23.8 Å². The van der Waals surface area contributed by atoms with Crippen molar-refractivity contribution in [3.63, 3.8) is 0 Å². The Balaban J connectivity index is 3.01. The summed E-state index contributed by atoms with van der Waals surface area (Å²) in [4.78, 5) is 14.0. The number of carbonyl (C=O) groups is 1. The van der Waals surface area contributed by atoms with E-state index >= 15 is 0 Å². The smallest absolute Gasteiger partial charge is 0.257 e. The maximum absolute atomic E-state index is 12.4. The quantitative estimate of drug-likeness (QED) is 0.914. The molecular weight excluding hydrogens is 242 g/mol. The number of phenolic OH excluding ortho intramolecular Hbond substituents is 1. The number of benzene rings is 1. The summed E-state index contributed by atoms with van der Waals surface area (Å²) in [5.41, 5.74) is 0.270. The average molecular weight is 265 g/mol. The Kier molecular flexibility index (Phi) is 4.45.